The van der Waals surface area contributed by atoms with Crippen LogP contribution in [-0.4, -0.2) is 61.9 Å². The Morgan fingerprint density at radius 3 is 2.53 bits per heavy atom. The SMILES string of the molecule is CCN(CC(=O)N(C)C)C(=O)CCC1CCCNC1. The molecule has 1 saturated heterocycles. The van der Waals surface area contributed by atoms with E-state index in [1.807, 2.05) is 6.92 Å². The van der Waals surface area contributed by atoms with Crippen LogP contribution in [0.4, 0.5) is 0 Å². The summed E-state index contributed by atoms with van der Waals surface area (Å²) >= 11 is 0. The zero-order chi connectivity index (χ0) is 14.3. The third-order valence-electron chi connectivity index (χ3n) is 3.72. The minimum absolute atomic E-state index is 0.0190. The van der Waals surface area contributed by atoms with Crippen molar-refractivity contribution in [1.82, 2.24) is 15.1 Å². The maximum Gasteiger partial charge on any atom is 0.241 e. The maximum atomic E-state index is 12.1. The van der Waals surface area contributed by atoms with Crippen LogP contribution in [0.2, 0.25) is 0 Å². The van der Waals surface area contributed by atoms with Crippen molar-refractivity contribution in [3.63, 3.8) is 0 Å². The fourth-order valence-corrected chi connectivity index (χ4v) is 2.34. The van der Waals surface area contributed by atoms with Crippen LogP contribution in [0.3, 0.4) is 0 Å². The van der Waals surface area contributed by atoms with Gasteiger partial charge in [0.1, 0.15) is 0 Å². The fraction of sp³-hybridized carbons (Fsp3) is 0.857. The first-order valence-corrected chi connectivity index (χ1v) is 7.23. The lowest BCUT2D eigenvalue weighted by molar-refractivity contribution is -0.139. The Morgan fingerprint density at radius 2 is 2.00 bits per heavy atom. The van der Waals surface area contributed by atoms with E-state index in [1.54, 1.807) is 19.0 Å². The highest BCUT2D eigenvalue weighted by Gasteiger charge is 2.19. The normalized spacial score (nSPS) is 19.0. The molecular formula is C14H27N3O2. The van der Waals surface area contributed by atoms with Crippen molar-refractivity contribution < 1.29 is 9.59 Å². The van der Waals surface area contributed by atoms with Gasteiger partial charge in [-0.3, -0.25) is 9.59 Å². The third kappa shape index (κ3) is 5.59. The van der Waals surface area contributed by atoms with Crippen molar-refractivity contribution >= 4 is 11.8 Å². The molecule has 1 atom stereocenters. The average Bonchev–Trinajstić information content (AvgIpc) is 2.42. The molecule has 1 unspecified atom stereocenters. The number of likely N-dealkylation sites (N-methyl/N-ethyl adjacent to an activating group) is 2. The maximum absolute atomic E-state index is 12.1. The standard InChI is InChI=1S/C14H27N3O2/c1-4-17(11-14(19)16(2)3)13(18)8-7-12-6-5-9-15-10-12/h12,15H,4-11H2,1-3H3. The molecule has 0 spiro atoms. The minimum Gasteiger partial charge on any atom is -0.347 e. The van der Waals surface area contributed by atoms with Gasteiger partial charge in [0, 0.05) is 27.1 Å². The molecule has 1 rings (SSSR count). The molecule has 19 heavy (non-hydrogen) atoms. The first-order valence-electron chi connectivity index (χ1n) is 7.23. The topological polar surface area (TPSA) is 52.7 Å². The lowest BCUT2D eigenvalue weighted by atomic mass is 9.94. The van der Waals surface area contributed by atoms with E-state index in [9.17, 15) is 9.59 Å². The minimum atomic E-state index is -0.0190. The van der Waals surface area contributed by atoms with E-state index in [4.69, 9.17) is 0 Å². The van der Waals surface area contributed by atoms with Gasteiger partial charge in [-0.25, -0.2) is 0 Å². The molecule has 5 heteroatoms. The number of carbonyl (C=O) groups excluding carboxylic acids is 2. The molecule has 5 nitrogen and oxygen atoms in total. The summed E-state index contributed by atoms with van der Waals surface area (Å²) in [6, 6.07) is 0. The molecule has 0 aromatic rings. The zero-order valence-corrected chi connectivity index (χ0v) is 12.4. The summed E-state index contributed by atoms with van der Waals surface area (Å²) in [4.78, 5) is 26.9. The van der Waals surface area contributed by atoms with E-state index in [-0.39, 0.29) is 18.4 Å². The smallest absolute Gasteiger partial charge is 0.241 e. The molecule has 0 aromatic heterocycles. The highest BCUT2D eigenvalue weighted by molar-refractivity contribution is 5.84. The van der Waals surface area contributed by atoms with Gasteiger partial charge in [-0.1, -0.05) is 0 Å². The summed E-state index contributed by atoms with van der Waals surface area (Å²) in [5.74, 6) is 0.693. The molecule has 0 radical (unpaired) electrons. The number of hydrogen-bond acceptors (Lipinski definition) is 3. The number of piperidine rings is 1. The summed E-state index contributed by atoms with van der Waals surface area (Å²) in [6.45, 7) is 4.84. The van der Waals surface area contributed by atoms with Gasteiger partial charge in [-0.05, 0) is 45.2 Å². The van der Waals surface area contributed by atoms with Gasteiger partial charge in [0.2, 0.25) is 11.8 Å². The van der Waals surface area contributed by atoms with Crippen LogP contribution in [0.5, 0.6) is 0 Å². The third-order valence-corrected chi connectivity index (χ3v) is 3.72. The van der Waals surface area contributed by atoms with Crippen LogP contribution in [0.1, 0.15) is 32.6 Å². The predicted octanol–water partition coefficient (Wildman–Crippen LogP) is 0.703. The Morgan fingerprint density at radius 1 is 1.26 bits per heavy atom. The van der Waals surface area contributed by atoms with Gasteiger partial charge < -0.3 is 15.1 Å². The number of carbonyl (C=O) groups is 2. The van der Waals surface area contributed by atoms with Gasteiger partial charge >= 0.3 is 0 Å². The van der Waals surface area contributed by atoms with Gasteiger partial charge in [-0.2, -0.15) is 0 Å². The highest BCUT2D eigenvalue weighted by Crippen LogP contribution is 2.16. The zero-order valence-electron chi connectivity index (χ0n) is 12.4. The quantitative estimate of drug-likeness (QED) is 0.772. The number of hydrogen-bond donors (Lipinski definition) is 1. The van der Waals surface area contributed by atoms with E-state index in [0.29, 0.717) is 18.9 Å². The molecule has 110 valence electrons. The van der Waals surface area contributed by atoms with Crippen molar-refractivity contribution in [3.8, 4) is 0 Å². The van der Waals surface area contributed by atoms with E-state index in [2.05, 4.69) is 5.32 Å². The van der Waals surface area contributed by atoms with Crippen molar-refractivity contribution in [2.45, 2.75) is 32.6 Å². The van der Waals surface area contributed by atoms with E-state index >= 15 is 0 Å². The molecule has 2 amide bonds. The molecule has 1 aliphatic rings. The molecule has 1 N–H and O–H groups in total. The Balaban J connectivity index is 2.34. The fourth-order valence-electron chi connectivity index (χ4n) is 2.34. The predicted molar refractivity (Wildman–Crippen MR) is 75.8 cm³/mol. The van der Waals surface area contributed by atoms with Crippen LogP contribution in [-0.2, 0) is 9.59 Å². The molecule has 0 aliphatic carbocycles. The van der Waals surface area contributed by atoms with E-state index in [0.717, 1.165) is 19.5 Å². The van der Waals surface area contributed by atoms with Gasteiger partial charge in [0.15, 0.2) is 0 Å². The molecule has 1 aliphatic heterocycles. The lowest BCUT2D eigenvalue weighted by Gasteiger charge is -2.25. The number of amides is 2. The van der Waals surface area contributed by atoms with E-state index in [1.165, 1.54) is 17.7 Å². The van der Waals surface area contributed by atoms with E-state index < -0.39 is 0 Å². The average molecular weight is 269 g/mol. The van der Waals surface area contributed by atoms with Crippen molar-refractivity contribution in [2.75, 3.05) is 40.3 Å². The summed E-state index contributed by atoms with van der Waals surface area (Å²) < 4.78 is 0. The molecule has 1 heterocycles. The summed E-state index contributed by atoms with van der Waals surface area (Å²) in [5, 5.41) is 3.36. The van der Waals surface area contributed by atoms with Gasteiger partial charge in [0.05, 0.1) is 6.54 Å². The van der Waals surface area contributed by atoms with Crippen molar-refractivity contribution in [1.29, 1.82) is 0 Å². The first kappa shape index (κ1) is 16.0. The second kappa shape index (κ2) is 8.15. The first-order chi connectivity index (χ1) is 9.04. The Bertz CT molecular complexity index is 299. The molecular weight excluding hydrogens is 242 g/mol. The van der Waals surface area contributed by atoms with Crippen LogP contribution in [0.25, 0.3) is 0 Å². The Hall–Kier alpha value is -1.10. The van der Waals surface area contributed by atoms with Gasteiger partial charge in [-0.15, -0.1) is 0 Å². The number of nitrogens with one attached hydrogen (secondary N) is 1. The molecule has 0 bridgehead atoms. The summed E-state index contributed by atoms with van der Waals surface area (Å²) in [6.07, 6.45) is 3.90. The highest BCUT2D eigenvalue weighted by atomic mass is 16.2. The number of rotatable bonds is 6. The Labute approximate surface area is 116 Å². The van der Waals surface area contributed by atoms with Gasteiger partial charge in [0.25, 0.3) is 0 Å². The second-order valence-corrected chi connectivity index (χ2v) is 5.45. The lowest BCUT2D eigenvalue weighted by Crippen LogP contribution is -2.40. The number of nitrogens with zero attached hydrogens (tertiary/aromatic N) is 2. The monoisotopic (exact) mass is 269 g/mol. The second-order valence-electron chi connectivity index (χ2n) is 5.45. The molecule has 0 aromatic carbocycles. The summed E-state index contributed by atoms with van der Waals surface area (Å²) in [5.41, 5.74) is 0. The van der Waals surface area contributed by atoms with Crippen LogP contribution >= 0.6 is 0 Å². The van der Waals surface area contributed by atoms with Crippen molar-refractivity contribution in [3.05, 3.63) is 0 Å². The Kier molecular flexibility index (Phi) is 6.84. The molecule has 1 fully saturated rings. The van der Waals surface area contributed by atoms with Crippen LogP contribution in [0.15, 0.2) is 0 Å². The summed E-state index contributed by atoms with van der Waals surface area (Å²) in [7, 11) is 3.43. The van der Waals surface area contributed by atoms with Crippen LogP contribution < -0.4 is 5.32 Å². The largest absolute Gasteiger partial charge is 0.347 e. The van der Waals surface area contributed by atoms with Crippen LogP contribution in [0, 0.1) is 5.92 Å². The van der Waals surface area contributed by atoms with Crippen molar-refractivity contribution in [2.24, 2.45) is 5.92 Å². The molecule has 0 saturated carbocycles.